The number of fused-ring (bicyclic) bond motifs is 1. The Kier molecular flexibility index (Phi) is 5.21. The Bertz CT molecular complexity index is 1200. The minimum absolute atomic E-state index is 0.151. The van der Waals surface area contributed by atoms with E-state index in [4.69, 9.17) is 11.6 Å². The number of carbonyl (C=O) groups excluding carboxylic acids is 1. The van der Waals surface area contributed by atoms with Crippen molar-refractivity contribution in [2.45, 2.75) is 13.5 Å². The van der Waals surface area contributed by atoms with E-state index < -0.39 is 15.8 Å². The fourth-order valence-corrected chi connectivity index (χ4v) is 5.62. The van der Waals surface area contributed by atoms with Gasteiger partial charge in [-0.25, -0.2) is 8.42 Å². The van der Waals surface area contributed by atoms with Gasteiger partial charge in [0.1, 0.15) is 4.88 Å². The number of benzene rings is 2. The number of thiophene rings is 1. The molecule has 8 heteroatoms. The third-order valence-electron chi connectivity index (χ3n) is 4.57. The highest BCUT2D eigenvalue weighted by Crippen LogP contribution is 2.39. The van der Waals surface area contributed by atoms with Crippen molar-refractivity contribution in [3.63, 3.8) is 0 Å². The Hall–Kier alpha value is -2.61. The number of allylic oxidation sites excluding steroid dienone is 1. The SMILES string of the molecule is Cc1ccc(CN2c3ccsc3C(=O)C(=CNc3ccc(Cl)cc3)S2(=O)=O)cc1. The zero-order chi connectivity index (χ0) is 20.6. The molecule has 29 heavy (non-hydrogen) atoms. The van der Waals surface area contributed by atoms with E-state index in [2.05, 4.69) is 5.32 Å². The fourth-order valence-electron chi connectivity index (χ4n) is 3.01. The number of Topliss-reactive ketones (excluding diaryl/α,β-unsaturated/α-hetero) is 1. The van der Waals surface area contributed by atoms with Gasteiger partial charge in [-0.1, -0.05) is 41.4 Å². The molecule has 0 spiro atoms. The molecule has 0 bridgehead atoms. The summed E-state index contributed by atoms with van der Waals surface area (Å²) in [5, 5.41) is 5.20. The van der Waals surface area contributed by atoms with Crippen molar-refractivity contribution in [3.8, 4) is 0 Å². The first kappa shape index (κ1) is 19.7. The molecule has 1 aromatic heterocycles. The van der Waals surface area contributed by atoms with Crippen molar-refractivity contribution < 1.29 is 13.2 Å². The highest BCUT2D eigenvalue weighted by molar-refractivity contribution is 7.97. The number of hydrogen-bond donors (Lipinski definition) is 1. The lowest BCUT2D eigenvalue weighted by Gasteiger charge is -2.29. The number of nitrogens with zero attached hydrogens (tertiary/aromatic N) is 1. The molecule has 2 aromatic carbocycles. The molecule has 0 fully saturated rings. The van der Waals surface area contributed by atoms with Gasteiger partial charge in [0.05, 0.1) is 12.2 Å². The molecule has 0 radical (unpaired) electrons. The standard InChI is InChI=1S/C21H17ClN2O3S2/c1-14-2-4-15(5-3-14)13-24-18-10-11-28-21(18)20(25)19(29(24,26)27)12-23-17-8-6-16(22)7-9-17/h2-12,23H,13H2,1H3. The van der Waals surface area contributed by atoms with Crippen LogP contribution in [0, 0.1) is 6.92 Å². The normalized spacial score (nSPS) is 16.7. The Morgan fingerprint density at radius 3 is 2.45 bits per heavy atom. The number of sulfonamides is 1. The predicted molar refractivity (Wildman–Crippen MR) is 118 cm³/mol. The van der Waals surface area contributed by atoms with Crippen LogP contribution in [0.15, 0.2) is 71.1 Å². The van der Waals surface area contributed by atoms with Crippen LogP contribution in [0.25, 0.3) is 0 Å². The molecule has 1 aliphatic rings. The molecule has 1 aliphatic heterocycles. The molecule has 5 nitrogen and oxygen atoms in total. The van der Waals surface area contributed by atoms with Crippen LogP contribution >= 0.6 is 22.9 Å². The second-order valence-corrected chi connectivity index (χ2v) is 9.80. The summed E-state index contributed by atoms with van der Waals surface area (Å²) in [6.45, 7) is 2.12. The molecule has 148 valence electrons. The zero-order valence-electron chi connectivity index (χ0n) is 15.4. The third kappa shape index (κ3) is 3.81. The molecule has 0 atom stereocenters. The molecule has 0 saturated carbocycles. The van der Waals surface area contributed by atoms with Crippen LogP contribution < -0.4 is 9.62 Å². The van der Waals surface area contributed by atoms with E-state index in [0.717, 1.165) is 11.1 Å². The van der Waals surface area contributed by atoms with E-state index in [0.29, 0.717) is 21.3 Å². The van der Waals surface area contributed by atoms with E-state index in [9.17, 15) is 13.2 Å². The van der Waals surface area contributed by atoms with Crippen molar-refractivity contribution in [1.29, 1.82) is 0 Å². The first-order valence-electron chi connectivity index (χ1n) is 8.79. The minimum Gasteiger partial charge on any atom is -0.360 e. The molecule has 4 rings (SSSR count). The molecular formula is C21H17ClN2O3S2. The smallest absolute Gasteiger partial charge is 0.270 e. The van der Waals surface area contributed by atoms with E-state index in [1.54, 1.807) is 35.7 Å². The summed E-state index contributed by atoms with van der Waals surface area (Å²) in [6, 6.07) is 16.1. The van der Waals surface area contributed by atoms with Crippen LogP contribution in [0.5, 0.6) is 0 Å². The van der Waals surface area contributed by atoms with Crippen molar-refractivity contribution in [2.24, 2.45) is 0 Å². The first-order chi connectivity index (χ1) is 13.9. The van der Waals surface area contributed by atoms with Gasteiger partial charge >= 0.3 is 0 Å². The molecule has 2 heterocycles. The predicted octanol–water partition coefficient (Wildman–Crippen LogP) is 5.20. The maximum Gasteiger partial charge on any atom is 0.270 e. The summed E-state index contributed by atoms with van der Waals surface area (Å²) in [7, 11) is -4.02. The van der Waals surface area contributed by atoms with Gasteiger partial charge in [0, 0.05) is 16.9 Å². The fraction of sp³-hybridized carbons (Fsp3) is 0.0952. The Morgan fingerprint density at radius 1 is 1.07 bits per heavy atom. The number of ketones is 1. The molecule has 1 N–H and O–H groups in total. The van der Waals surface area contributed by atoms with Crippen LogP contribution in [0.4, 0.5) is 11.4 Å². The summed E-state index contributed by atoms with van der Waals surface area (Å²) in [6.07, 6.45) is 1.26. The van der Waals surface area contributed by atoms with Crippen LogP contribution in [-0.4, -0.2) is 14.2 Å². The van der Waals surface area contributed by atoms with Crippen molar-refractivity contribution >= 4 is 50.1 Å². The van der Waals surface area contributed by atoms with Gasteiger partial charge in [0.25, 0.3) is 10.0 Å². The van der Waals surface area contributed by atoms with Gasteiger partial charge < -0.3 is 5.32 Å². The molecule has 3 aromatic rings. The maximum atomic E-state index is 13.3. The second kappa shape index (κ2) is 7.67. The highest BCUT2D eigenvalue weighted by Gasteiger charge is 2.41. The molecular weight excluding hydrogens is 428 g/mol. The first-order valence-corrected chi connectivity index (χ1v) is 11.5. The number of carbonyl (C=O) groups is 1. The highest BCUT2D eigenvalue weighted by atomic mass is 35.5. The zero-order valence-corrected chi connectivity index (χ0v) is 17.8. The molecule has 0 unspecified atom stereocenters. The average Bonchev–Trinajstić information content (AvgIpc) is 3.17. The summed E-state index contributed by atoms with van der Waals surface area (Å²) in [5.74, 6) is -0.503. The van der Waals surface area contributed by atoms with E-state index in [1.807, 2.05) is 31.2 Å². The number of aryl methyl sites for hydroxylation is 1. The lowest BCUT2D eigenvalue weighted by molar-refractivity contribution is 0.104. The average molecular weight is 445 g/mol. The lowest BCUT2D eigenvalue weighted by Crippen LogP contribution is -2.38. The number of anilines is 2. The topological polar surface area (TPSA) is 66.5 Å². The summed E-state index contributed by atoms with van der Waals surface area (Å²) < 4.78 is 27.9. The Labute approximate surface area is 178 Å². The van der Waals surface area contributed by atoms with E-state index >= 15 is 0 Å². The number of halogens is 1. The largest absolute Gasteiger partial charge is 0.360 e. The van der Waals surface area contributed by atoms with E-state index in [1.165, 1.54) is 21.8 Å². The quantitative estimate of drug-likeness (QED) is 0.562. The van der Waals surface area contributed by atoms with Crippen LogP contribution in [0.1, 0.15) is 20.8 Å². The Morgan fingerprint density at radius 2 is 1.76 bits per heavy atom. The summed E-state index contributed by atoms with van der Waals surface area (Å²) in [4.78, 5) is 13.0. The summed E-state index contributed by atoms with van der Waals surface area (Å²) >= 11 is 7.12. The molecule has 0 amide bonds. The minimum atomic E-state index is -4.02. The number of rotatable bonds is 4. The molecule has 0 saturated heterocycles. The maximum absolute atomic E-state index is 13.3. The van der Waals surface area contributed by atoms with Gasteiger partial charge in [-0.05, 0) is 48.2 Å². The van der Waals surface area contributed by atoms with Crippen molar-refractivity contribution in [1.82, 2.24) is 0 Å². The number of hydrogen-bond acceptors (Lipinski definition) is 5. The monoisotopic (exact) mass is 444 g/mol. The van der Waals surface area contributed by atoms with Crippen molar-refractivity contribution in [3.05, 3.63) is 92.1 Å². The van der Waals surface area contributed by atoms with Crippen LogP contribution in [-0.2, 0) is 16.6 Å². The van der Waals surface area contributed by atoms with Gasteiger partial charge in [-0.15, -0.1) is 11.3 Å². The Balaban J connectivity index is 1.73. The molecule has 0 aliphatic carbocycles. The summed E-state index contributed by atoms with van der Waals surface area (Å²) in [5.41, 5.74) is 2.99. The van der Waals surface area contributed by atoms with Crippen molar-refractivity contribution in [2.75, 3.05) is 9.62 Å². The lowest BCUT2D eigenvalue weighted by atomic mass is 10.1. The van der Waals surface area contributed by atoms with E-state index in [-0.39, 0.29) is 11.4 Å². The van der Waals surface area contributed by atoms with Gasteiger partial charge in [0.15, 0.2) is 4.91 Å². The number of nitrogens with one attached hydrogen (secondary N) is 1. The second-order valence-electron chi connectivity index (χ2n) is 6.62. The van der Waals surface area contributed by atoms with Gasteiger partial charge in [-0.3, -0.25) is 9.10 Å². The van der Waals surface area contributed by atoms with Crippen LogP contribution in [0.3, 0.4) is 0 Å². The van der Waals surface area contributed by atoms with Crippen LogP contribution in [0.2, 0.25) is 5.02 Å². The van der Waals surface area contributed by atoms with Gasteiger partial charge in [-0.2, -0.15) is 0 Å². The van der Waals surface area contributed by atoms with Gasteiger partial charge in [0.2, 0.25) is 5.78 Å². The third-order valence-corrected chi connectivity index (χ3v) is 7.49.